The molecule has 0 aliphatic heterocycles. The van der Waals surface area contributed by atoms with E-state index in [-0.39, 0.29) is 0 Å². The van der Waals surface area contributed by atoms with E-state index in [0.29, 0.717) is 6.04 Å². The standard InChI is InChI=1S/C19H20N2/c1-3-20-14(2)15-8-6-9-16(11-15)18-12-17-7-4-5-10-19(17)21-13-18/h4-14,20H,3H2,1-2H3. The Labute approximate surface area is 125 Å². The van der Waals surface area contributed by atoms with Gasteiger partial charge in [0.2, 0.25) is 0 Å². The van der Waals surface area contributed by atoms with Gasteiger partial charge in [0.1, 0.15) is 0 Å². The van der Waals surface area contributed by atoms with Crippen molar-refractivity contribution in [3.8, 4) is 11.1 Å². The van der Waals surface area contributed by atoms with E-state index in [1.54, 1.807) is 0 Å². The highest BCUT2D eigenvalue weighted by atomic mass is 14.9. The fraction of sp³-hybridized carbons (Fsp3) is 0.211. The van der Waals surface area contributed by atoms with Gasteiger partial charge in [-0.3, -0.25) is 4.98 Å². The maximum absolute atomic E-state index is 4.55. The van der Waals surface area contributed by atoms with Crippen LogP contribution in [0.2, 0.25) is 0 Å². The monoisotopic (exact) mass is 276 g/mol. The molecule has 106 valence electrons. The van der Waals surface area contributed by atoms with Crippen molar-refractivity contribution in [1.82, 2.24) is 10.3 Å². The van der Waals surface area contributed by atoms with Crippen LogP contribution >= 0.6 is 0 Å². The molecule has 0 spiro atoms. The van der Waals surface area contributed by atoms with Crippen molar-refractivity contribution in [3.63, 3.8) is 0 Å². The highest BCUT2D eigenvalue weighted by molar-refractivity contribution is 5.83. The molecule has 21 heavy (non-hydrogen) atoms. The van der Waals surface area contributed by atoms with Crippen LogP contribution < -0.4 is 5.32 Å². The van der Waals surface area contributed by atoms with Gasteiger partial charge < -0.3 is 5.32 Å². The van der Waals surface area contributed by atoms with E-state index < -0.39 is 0 Å². The van der Waals surface area contributed by atoms with Gasteiger partial charge in [-0.05, 0) is 42.8 Å². The Morgan fingerprint density at radius 3 is 2.71 bits per heavy atom. The maximum Gasteiger partial charge on any atom is 0.0702 e. The second kappa shape index (κ2) is 6.06. The number of rotatable bonds is 4. The van der Waals surface area contributed by atoms with Crippen LogP contribution in [0.4, 0.5) is 0 Å². The normalized spacial score (nSPS) is 12.5. The van der Waals surface area contributed by atoms with Crippen molar-refractivity contribution < 1.29 is 0 Å². The molecule has 0 radical (unpaired) electrons. The van der Waals surface area contributed by atoms with Gasteiger partial charge in [0.05, 0.1) is 5.52 Å². The topological polar surface area (TPSA) is 24.9 Å². The zero-order chi connectivity index (χ0) is 14.7. The van der Waals surface area contributed by atoms with Crippen LogP contribution in [0.1, 0.15) is 25.5 Å². The lowest BCUT2D eigenvalue weighted by Gasteiger charge is -2.14. The first-order valence-corrected chi connectivity index (χ1v) is 7.46. The minimum atomic E-state index is 0.364. The molecule has 1 N–H and O–H groups in total. The van der Waals surface area contributed by atoms with Crippen molar-refractivity contribution in [2.75, 3.05) is 6.54 Å². The van der Waals surface area contributed by atoms with Gasteiger partial charge >= 0.3 is 0 Å². The Morgan fingerprint density at radius 1 is 1.00 bits per heavy atom. The minimum absolute atomic E-state index is 0.364. The number of fused-ring (bicyclic) bond motifs is 1. The van der Waals surface area contributed by atoms with Crippen LogP contribution in [0.5, 0.6) is 0 Å². The van der Waals surface area contributed by atoms with Crippen LogP contribution in [0.25, 0.3) is 22.0 Å². The number of benzene rings is 2. The van der Waals surface area contributed by atoms with Crippen molar-refractivity contribution >= 4 is 10.9 Å². The molecule has 2 aromatic carbocycles. The third-order valence-corrected chi connectivity index (χ3v) is 3.82. The van der Waals surface area contributed by atoms with E-state index >= 15 is 0 Å². The molecule has 0 bridgehead atoms. The molecule has 0 saturated carbocycles. The van der Waals surface area contributed by atoms with E-state index in [0.717, 1.165) is 12.1 Å². The van der Waals surface area contributed by atoms with Crippen LogP contribution in [0, 0.1) is 0 Å². The maximum atomic E-state index is 4.55. The number of nitrogens with one attached hydrogen (secondary N) is 1. The van der Waals surface area contributed by atoms with Crippen molar-refractivity contribution in [2.45, 2.75) is 19.9 Å². The summed E-state index contributed by atoms with van der Waals surface area (Å²) < 4.78 is 0. The molecular formula is C19H20N2. The summed E-state index contributed by atoms with van der Waals surface area (Å²) in [6.07, 6.45) is 1.96. The third kappa shape index (κ3) is 2.96. The molecule has 3 rings (SSSR count). The highest BCUT2D eigenvalue weighted by Crippen LogP contribution is 2.25. The van der Waals surface area contributed by atoms with Gasteiger partial charge in [0, 0.05) is 23.2 Å². The Morgan fingerprint density at radius 2 is 1.86 bits per heavy atom. The SMILES string of the molecule is CCNC(C)c1cccc(-c2cnc3ccccc3c2)c1. The molecule has 1 atom stereocenters. The van der Waals surface area contributed by atoms with E-state index in [9.17, 15) is 0 Å². The van der Waals surface area contributed by atoms with Crippen LogP contribution in [0.3, 0.4) is 0 Å². The second-order valence-electron chi connectivity index (χ2n) is 5.32. The van der Waals surface area contributed by atoms with Gasteiger partial charge in [-0.25, -0.2) is 0 Å². The Bertz CT molecular complexity index is 749. The van der Waals surface area contributed by atoms with E-state index in [4.69, 9.17) is 0 Å². The summed E-state index contributed by atoms with van der Waals surface area (Å²) in [6, 6.07) is 19.5. The van der Waals surface area contributed by atoms with Gasteiger partial charge in [0.25, 0.3) is 0 Å². The summed E-state index contributed by atoms with van der Waals surface area (Å²) in [4.78, 5) is 4.55. The van der Waals surface area contributed by atoms with E-state index in [1.165, 1.54) is 22.1 Å². The van der Waals surface area contributed by atoms with Crippen LogP contribution in [0.15, 0.2) is 60.8 Å². The lowest BCUT2D eigenvalue weighted by Crippen LogP contribution is -2.17. The zero-order valence-electron chi connectivity index (χ0n) is 12.5. The Balaban J connectivity index is 2.00. The van der Waals surface area contributed by atoms with E-state index in [1.807, 2.05) is 18.3 Å². The lowest BCUT2D eigenvalue weighted by molar-refractivity contribution is 0.598. The fourth-order valence-electron chi connectivity index (χ4n) is 2.64. The van der Waals surface area contributed by atoms with Crippen molar-refractivity contribution in [3.05, 3.63) is 66.4 Å². The molecule has 0 amide bonds. The Hall–Kier alpha value is -2.19. The molecule has 2 nitrogen and oxygen atoms in total. The first kappa shape index (κ1) is 13.8. The van der Waals surface area contributed by atoms with Crippen LogP contribution in [-0.2, 0) is 0 Å². The molecule has 2 heteroatoms. The molecule has 0 aliphatic rings. The lowest BCUT2D eigenvalue weighted by atomic mass is 10.00. The smallest absolute Gasteiger partial charge is 0.0702 e. The molecule has 0 saturated heterocycles. The molecule has 1 unspecified atom stereocenters. The summed E-state index contributed by atoms with van der Waals surface area (Å²) in [5, 5.41) is 4.64. The first-order chi connectivity index (χ1) is 10.3. The molecular weight excluding hydrogens is 256 g/mol. The molecule has 0 fully saturated rings. The number of hydrogen-bond acceptors (Lipinski definition) is 2. The number of aromatic nitrogens is 1. The number of pyridine rings is 1. The predicted octanol–water partition coefficient (Wildman–Crippen LogP) is 4.57. The Kier molecular flexibility index (Phi) is 3.98. The quantitative estimate of drug-likeness (QED) is 0.755. The summed E-state index contributed by atoms with van der Waals surface area (Å²) in [7, 11) is 0. The second-order valence-corrected chi connectivity index (χ2v) is 5.32. The first-order valence-electron chi connectivity index (χ1n) is 7.46. The van der Waals surface area contributed by atoms with E-state index in [2.05, 4.69) is 66.6 Å². The zero-order valence-corrected chi connectivity index (χ0v) is 12.5. The average Bonchev–Trinajstić information content (AvgIpc) is 2.55. The highest BCUT2D eigenvalue weighted by Gasteiger charge is 2.06. The third-order valence-electron chi connectivity index (χ3n) is 3.82. The van der Waals surface area contributed by atoms with Crippen molar-refractivity contribution in [1.29, 1.82) is 0 Å². The predicted molar refractivity (Wildman–Crippen MR) is 89.3 cm³/mol. The van der Waals surface area contributed by atoms with Crippen LogP contribution in [-0.4, -0.2) is 11.5 Å². The summed E-state index contributed by atoms with van der Waals surface area (Å²) in [5.74, 6) is 0. The number of hydrogen-bond donors (Lipinski definition) is 1. The summed E-state index contributed by atoms with van der Waals surface area (Å²) >= 11 is 0. The largest absolute Gasteiger partial charge is 0.310 e. The fourth-order valence-corrected chi connectivity index (χ4v) is 2.64. The van der Waals surface area contributed by atoms with Gasteiger partial charge in [0.15, 0.2) is 0 Å². The minimum Gasteiger partial charge on any atom is -0.310 e. The molecule has 1 heterocycles. The number of para-hydroxylation sites is 1. The molecule has 0 aliphatic carbocycles. The van der Waals surface area contributed by atoms with Crippen molar-refractivity contribution in [2.24, 2.45) is 0 Å². The summed E-state index contributed by atoms with van der Waals surface area (Å²) in [6.45, 7) is 5.30. The molecule has 3 aromatic rings. The van der Waals surface area contributed by atoms with Gasteiger partial charge in [-0.15, -0.1) is 0 Å². The van der Waals surface area contributed by atoms with Gasteiger partial charge in [-0.1, -0.05) is 43.3 Å². The molecule has 1 aromatic heterocycles. The van der Waals surface area contributed by atoms with Gasteiger partial charge in [-0.2, -0.15) is 0 Å². The number of nitrogens with zero attached hydrogens (tertiary/aromatic N) is 1. The average molecular weight is 276 g/mol. The summed E-state index contributed by atoms with van der Waals surface area (Å²) in [5.41, 5.74) is 4.73.